The molecule has 1 aliphatic heterocycles. The van der Waals surface area contributed by atoms with Crippen LogP contribution in [-0.2, 0) is 11.2 Å². The fourth-order valence-corrected chi connectivity index (χ4v) is 3.41. The van der Waals surface area contributed by atoms with Crippen molar-refractivity contribution in [1.82, 2.24) is 14.8 Å². The molecule has 0 fully saturated rings. The predicted molar refractivity (Wildman–Crippen MR) is 86.5 cm³/mol. The number of allylic oxidation sites excluding steroid dienone is 2. The summed E-state index contributed by atoms with van der Waals surface area (Å²) < 4.78 is 7.57. The smallest absolute Gasteiger partial charge is 0.226 e. The Bertz CT molecular complexity index is 818. The van der Waals surface area contributed by atoms with Gasteiger partial charge in [0.2, 0.25) is 5.95 Å². The van der Waals surface area contributed by atoms with Crippen LogP contribution in [0.1, 0.15) is 49.1 Å². The Morgan fingerprint density at radius 2 is 2.29 bits per heavy atom. The van der Waals surface area contributed by atoms with Crippen molar-refractivity contribution in [2.45, 2.75) is 45.1 Å². The monoisotopic (exact) mass is 328 g/mol. The number of hydrogen-bond donors (Lipinski definition) is 2. The average molecular weight is 328 g/mol. The van der Waals surface area contributed by atoms with Gasteiger partial charge in [0.1, 0.15) is 17.6 Å². The number of aromatic nitrogens is 3. The minimum absolute atomic E-state index is 0.103. The first kappa shape index (κ1) is 15.1. The minimum atomic E-state index is -0.367. The second-order valence-electron chi connectivity index (χ2n) is 6.27. The molecule has 1 aliphatic carbocycles. The van der Waals surface area contributed by atoms with Gasteiger partial charge in [0, 0.05) is 30.7 Å². The minimum Gasteiger partial charge on any atom is -0.464 e. The summed E-state index contributed by atoms with van der Waals surface area (Å²) in [6.45, 7) is 1.99. The van der Waals surface area contributed by atoms with E-state index in [1.807, 2.05) is 19.1 Å². The number of Topliss-reactive ketones (excluding diaryl/α,β-unsaturated/α-hetero) is 1. The molecule has 0 aromatic carbocycles. The summed E-state index contributed by atoms with van der Waals surface area (Å²) in [4.78, 5) is 17.1. The van der Waals surface area contributed by atoms with E-state index in [9.17, 15) is 4.79 Å². The Balaban J connectivity index is 1.81. The summed E-state index contributed by atoms with van der Waals surface area (Å²) in [6.07, 6.45) is 3.44. The van der Waals surface area contributed by atoms with E-state index in [0.717, 1.165) is 29.9 Å². The van der Waals surface area contributed by atoms with Crippen LogP contribution in [0.3, 0.4) is 0 Å². The van der Waals surface area contributed by atoms with Gasteiger partial charge in [-0.3, -0.25) is 4.79 Å². The van der Waals surface area contributed by atoms with Gasteiger partial charge in [-0.05, 0) is 38.3 Å². The largest absolute Gasteiger partial charge is 0.464 e. The maximum atomic E-state index is 12.6. The summed E-state index contributed by atoms with van der Waals surface area (Å²) in [6, 6.07) is 3.43. The number of rotatable bonds is 4. The lowest BCUT2D eigenvalue weighted by atomic mass is 9.88. The molecule has 0 amide bonds. The summed E-state index contributed by atoms with van der Waals surface area (Å²) in [5.74, 6) is 2.94. The van der Waals surface area contributed by atoms with Crippen molar-refractivity contribution in [2.75, 3.05) is 11.9 Å². The fraction of sp³-hybridized carbons (Fsp3) is 0.471. The van der Waals surface area contributed by atoms with Crippen LogP contribution >= 0.6 is 0 Å². The van der Waals surface area contributed by atoms with E-state index < -0.39 is 0 Å². The first-order valence-corrected chi connectivity index (χ1v) is 8.33. The molecule has 4 rings (SSSR count). The molecular weight excluding hydrogens is 308 g/mol. The molecule has 1 unspecified atom stereocenters. The first-order chi connectivity index (χ1) is 11.7. The number of fused-ring (bicyclic) bond motifs is 1. The van der Waals surface area contributed by atoms with Crippen molar-refractivity contribution in [3.05, 3.63) is 40.7 Å². The van der Waals surface area contributed by atoms with Crippen molar-refractivity contribution in [1.29, 1.82) is 0 Å². The Hall–Kier alpha value is -2.41. The first-order valence-electron chi connectivity index (χ1n) is 8.33. The number of aliphatic hydroxyl groups is 1. The Kier molecular flexibility index (Phi) is 3.72. The molecule has 0 saturated heterocycles. The van der Waals surface area contributed by atoms with Crippen LogP contribution in [0.15, 0.2) is 27.8 Å². The molecule has 2 N–H and O–H groups in total. The molecule has 126 valence electrons. The van der Waals surface area contributed by atoms with E-state index in [1.165, 1.54) is 0 Å². The van der Waals surface area contributed by atoms with Crippen LogP contribution in [-0.4, -0.2) is 32.3 Å². The third-order valence-corrected chi connectivity index (χ3v) is 4.50. The number of anilines is 1. The highest BCUT2D eigenvalue weighted by Gasteiger charge is 2.38. The lowest BCUT2D eigenvalue weighted by molar-refractivity contribution is -0.116. The average Bonchev–Trinajstić information content (AvgIpc) is 3.17. The molecule has 7 nitrogen and oxygen atoms in total. The zero-order valence-electron chi connectivity index (χ0n) is 13.6. The second kappa shape index (κ2) is 5.90. The second-order valence-corrected chi connectivity index (χ2v) is 6.27. The summed E-state index contributed by atoms with van der Waals surface area (Å²) in [5, 5.41) is 16.9. The maximum Gasteiger partial charge on any atom is 0.226 e. The van der Waals surface area contributed by atoms with Gasteiger partial charge in [0.15, 0.2) is 11.6 Å². The van der Waals surface area contributed by atoms with Gasteiger partial charge in [-0.2, -0.15) is 10.1 Å². The Morgan fingerprint density at radius 1 is 1.42 bits per heavy atom. The van der Waals surface area contributed by atoms with Gasteiger partial charge in [-0.25, -0.2) is 4.68 Å². The van der Waals surface area contributed by atoms with Crippen LogP contribution in [0.2, 0.25) is 0 Å². The highest BCUT2D eigenvalue weighted by Crippen LogP contribution is 2.40. The van der Waals surface area contributed by atoms with Crippen LogP contribution in [0.25, 0.3) is 0 Å². The van der Waals surface area contributed by atoms with E-state index in [4.69, 9.17) is 9.52 Å². The molecule has 2 aliphatic rings. The topological polar surface area (TPSA) is 93.2 Å². The highest BCUT2D eigenvalue weighted by molar-refractivity contribution is 5.99. The molecule has 0 spiro atoms. The van der Waals surface area contributed by atoms with E-state index in [2.05, 4.69) is 15.4 Å². The molecule has 3 heterocycles. The molecule has 1 atom stereocenters. The normalized spacial score (nSPS) is 19.9. The summed E-state index contributed by atoms with van der Waals surface area (Å²) in [7, 11) is 0. The number of hydrogen-bond acceptors (Lipinski definition) is 6. The third-order valence-electron chi connectivity index (χ3n) is 4.50. The van der Waals surface area contributed by atoms with Crippen LogP contribution < -0.4 is 5.32 Å². The Labute approximate surface area is 139 Å². The predicted octanol–water partition coefficient (Wildman–Crippen LogP) is 2.13. The third kappa shape index (κ3) is 2.45. The molecule has 0 radical (unpaired) electrons. The van der Waals surface area contributed by atoms with Gasteiger partial charge in [0.05, 0.1) is 0 Å². The van der Waals surface area contributed by atoms with Gasteiger partial charge in [-0.15, -0.1) is 0 Å². The number of aryl methyl sites for hydroxylation is 2. The number of nitrogens with zero attached hydrogens (tertiary/aromatic N) is 3. The number of ketones is 1. The van der Waals surface area contributed by atoms with Crippen LogP contribution in [0, 0.1) is 6.92 Å². The van der Waals surface area contributed by atoms with Gasteiger partial charge in [-0.1, -0.05) is 0 Å². The van der Waals surface area contributed by atoms with Gasteiger partial charge < -0.3 is 14.8 Å². The zero-order chi connectivity index (χ0) is 16.7. The standard InChI is InChI=1S/C17H20N4O3/c1-10-7-8-13(24-10)16-15-11(4-2-5-12(15)23)18-17-19-14(6-3-9-22)20-21(16)17/h7-8,16,22H,2-6,9H2,1H3,(H,18,19,20). The van der Waals surface area contributed by atoms with Crippen molar-refractivity contribution >= 4 is 11.7 Å². The molecule has 2 aromatic heterocycles. The van der Waals surface area contributed by atoms with E-state index >= 15 is 0 Å². The number of nitrogens with one attached hydrogen (secondary N) is 1. The van der Waals surface area contributed by atoms with Crippen LogP contribution in [0.4, 0.5) is 5.95 Å². The lowest BCUT2D eigenvalue weighted by Crippen LogP contribution is -2.31. The van der Waals surface area contributed by atoms with E-state index in [0.29, 0.717) is 36.8 Å². The quantitative estimate of drug-likeness (QED) is 0.893. The van der Waals surface area contributed by atoms with Crippen molar-refractivity contribution in [3.63, 3.8) is 0 Å². The maximum absolute atomic E-state index is 12.6. The van der Waals surface area contributed by atoms with Gasteiger partial charge in [0.25, 0.3) is 0 Å². The SMILES string of the molecule is Cc1ccc(C2C3=C(CCCC3=O)Nc3nc(CCCO)nn32)o1. The number of furan rings is 1. The molecule has 24 heavy (non-hydrogen) atoms. The molecule has 2 aromatic rings. The summed E-state index contributed by atoms with van der Waals surface area (Å²) >= 11 is 0. The Morgan fingerprint density at radius 3 is 3.04 bits per heavy atom. The molecular formula is C17H20N4O3. The zero-order valence-corrected chi connectivity index (χ0v) is 13.6. The van der Waals surface area contributed by atoms with Crippen molar-refractivity contribution < 1.29 is 14.3 Å². The fourth-order valence-electron chi connectivity index (χ4n) is 3.41. The van der Waals surface area contributed by atoms with Crippen molar-refractivity contribution in [3.8, 4) is 0 Å². The van der Waals surface area contributed by atoms with Gasteiger partial charge >= 0.3 is 0 Å². The van der Waals surface area contributed by atoms with Crippen LogP contribution in [0.5, 0.6) is 0 Å². The molecule has 0 bridgehead atoms. The van der Waals surface area contributed by atoms with E-state index in [-0.39, 0.29) is 18.4 Å². The number of carbonyl (C=O) groups is 1. The molecule has 0 saturated carbocycles. The van der Waals surface area contributed by atoms with Crippen molar-refractivity contribution in [2.24, 2.45) is 0 Å². The number of aliphatic hydroxyl groups excluding tert-OH is 1. The highest BCUT2D eigenvalue weighted by atomic mass is 16.3. The number of carbonyl (C=O) groups excluding carboxylic acids is 1. The molecule has 7 heteroatoms. The lowest BCUT2D eigenvalue weighted by Gasteiger charge is -2.30. The van der Waals surface area contributed by atoms with E-state index in [1.54, 1.807) is 4.68 Å². The summed E-state index contributed by atoms with van der Waals surface area (Å²) in [5.41, 5.74) is 1.67.